The van der Waals surface area contributed by atoms with Gasteiger partial charge in [0.1, 0.15) is 11.4 Å². The van der Waals surface area contributed by atoms with Crippen LogP contribution in [-0.2, 0) is 4.79 Å². The van der Waals surface area contributed by atoms with Crippen molar-refractivity contribution in [1.82, 2.24) is 15.1 Å². The highest BCUT2D eigenvalue weighted by Crippen LogP contribution is 2.21. The van der Waals surface area contributed by atoms with Crippen LogP contribution in [-0.4, -0.2) is 53.3 Å². The quantitative estimate of drug-likeness (QED) is 0.646. The zero-order valence-corrected chi connectivity index (χ0v) is 17.5. The molecular formula is C23H26N4O3. The van der Waals surface area contributed by atoms with E-state index in [-0.39, 0.29) is 5.91 Å². The van der Waals surface area contributed by atoms with Crippen molar-refractivity contribution < 1.29 is 13.9 Å². The minimum Gasteiger partial charge on any atom is -0.481 e. The van der Waals surface area contributed by atoms with Gasteiger partial charge in [-0.15, -0.1) is 10.2 Å². The molecule has 1 aliphatic heterocycles. The molecule has 4 rings (SSSR count). The fraction of sp³-hybridized carbons (Fsp3) is 0.348. The van der Waals surface area contributed by atoms with E-state index in [2.05, 4.69) is 21.2 Å². The molecule has 0 N–H and O–H groups in total. The van der Waals surface area contributed by atoms with Crippen molar-refractivity contribution in [2.24, 2.45) is 0 Å². The summed E-state index contributed by atoms with van der Waals surface area (Å²) in [5.74, 6) is 2.24. The minimum absolute atomic E-state index is 0.00746. The Morgan fingerprint density at radius 1 is 1.03 bits per heavy atom. The van der Waals surface area contributed by atoms with Crippen LogP contribution >= 0.6 is 0 Å². The topological polar surface area (TPSA) is 71.7 Å². The van der Waals surface area contributed by atoms with Gasteiger partial charge in [-0.05, 0) is 68.3 Å². The number of rotatable bonds is 5. The largest absolute Gasteiger partial charge is 0.481 e. The van der Waals surface area contributed by atoms with Crippen LogP contribution < -0.4 is 9.64 Å². The van der Waals surface area contributed by atoms with Gasteiger partial charge in [0.05, 0.1) is 6.26 Å². The van der Waals surface area contributed by atoms with Crippen LogP contribution in [0.5, 0.6) is 5.75 Å². The summed E-state index contributed by atoms with van der Waals surface area (Å²) in [5, 5.41) is 8.58. The Balaban J connectivity index is 1.32. The molecule has 1 atom stereocenters. The number of benzene rings is 1. The molecule has 156 valence electrons. The zero-order chi connectivity index (χ0) is 21.1. The fourth-order valence-corrected chi connectivity index (χ4v) is 3.72. The zero-order valence-electron chi connectivity index (χ0n) is 17.5. The smallest absolute Gasteiger partial charge is 0.263 e. The number of carbonyl (C=O) groups excluding carboxylic acids is 1. The molecule has 30 heavy (non-hydrogen) atoms. The number of furan rings is 1. The number of anilines is 1. The van der Waals surface area contributed by atoms with Gasteiger partial charge in [0.15, 0.2) is 17.7 Å². The van der Waals surface area contributed by atoms with Crippen LogP contribution in [0.1, 0.15) is 18.1 Å². The summed E-state index contributed by atoms with van der Waals surface area (Å²) < 4.78 is 11.3. The normalized spacial score (nSPS) is 15.2. The average molecular weight is 406 g/mol. The number of carbonyl (C=O) groups is 1. The second-order valence-corrected chi connectivity index (χ2v) is 7.65. The van der Waals surface area contributed by atoms with E-state index in [0.29, 0.717) is 37.6 Å². The first-order valence-electron chi connectivity index (χ1n) is 10.2. The van der Waals surface area contributed by atoms with Gasteiger partial charge in [0.2, 0.25) is 0 Å². The maximum Gasteiger partial charge on any atom is 0.263 e. The van der Waals surface area contributed by atoms with E-state index in [1.54, 1.807) is 6.26 Å². The highest BCUT2D eigenvalue weighted by Gasteiger charge is 2.26. The summed E-state index contributed by atoms with van der Waals surface area (Å²) in [7, 11) is 0. The van der Waals surface area contributed by atoms with Gasteiger partial charge in [-0.3, -0.25) is 4.79 Å². The molecule has 0 saturated carbocycles. The lowest BCUT2D eigenvalue weighted by molar-refractivity contribution is -0.138. The Kier molecular flexibility index (Phi) is 5.70. The van der Waals surface area contributed by atoms with E-state index in [0.717, 1.165) is 22.7 Å². The second-order valence-electron chi connectivity index (χ2n) is 7.65. The van der Waals surface area contributed by atoms with E-state index in [4.69, 9.17) is 9.15 Å². The lowest BCUT2D eigenvalue weighted by Crippen LogP contribution is -2.52. The number of aromatic nitrogens is 2. The Bertz CT molecular complexity index is 974. The van der Waals surface area contributed by atoms with Gasteiger partial charge >= 0.3 is 0 Å². The van der Waals surface area contributed by atoms with Crippen LogP contribution in [0.15, 0.2) is 53.1 Å². The number of amides is 1. The third-order valence-electron chi connectivity index (χ3n) is 5.20. The number of hydrogen-bond donors (Lipinski definition) is 0. The van der Waals surface area contributed by atoms with Crippen molar-refractivity contribution in [1.29, 1.82) is 0 Å². The maximum absolute atomic E-state index is 12.8. The van der Waals surface area contributed by atoms with Crippen molar-refractivity contribution in [2.75, 3.05) is 31.1 Å². The summed E-state index contributed by atoms with van der Waals surface area (Å²) in [5.41, 5.74) is 2.95. The molecule has 2 aromatic heterocycles. The van der Waals surface area contributed by atoms with Gasteiger partial charge in [0, 0.05) is 26.2 Å². The van der Waals surface area contributed by atoms with Crippen LogP contribution in [0.4, 0.5) is 5.82 Å². The van der Waals surface area contributed by atoms with Crippen LogP contribution in [0.2, 0.25) is 0 Å². The van der Waals surface area contributed by atoms with Gasteiger partial charge in [0.25, 0.3) is 5.91 Å². The molecule has 7 heteroatoms. The maximum atomic E-state index is 12.8. The molecule has 1 saturated heterocycles. The molecule has 3 heterocycles. The number of hydrogen-bond acceptors (Lipinski definition) is 6. The second kappa shape index (κ2) is 8.57. The number of nitrogens with zero attached hydrogens (tertiary/aromatic N) is 4. The van der Waals surface area contributed by atoms with E-state index in [1.165, 1.54) is 0 Å². The van der Waals surface area contributed by atoms with Gasteiger partial charge in [-0.2, -0.15) is 0 Å². The Morgan fingerprint density at radius 2 is 1.77 bits per heavy atom. The van der Waals surface area contributed by atoms with Gasteiger partial charge in [-0.25, -0.2) is 0 Å². The molecule has 1 aliphatic rings. The first-order chi connectivity index (χ1) is 14.5. The van der Waals surface area contributed by atoms with Crippen LogP contribution in [0.3, 0.4) is 0 Å². The molecule has 1 fully saturated rings. The number of aryl methyl sites for hydroxylation is 2. The van der Waals surface area contributed by atoms with E-state index >= 15 is 0 Å². The summed E-state index contributed by atoms with van der Waals surface area (Å²) >= 11 is 0. The third kappa shape index (κ3) is 4.45. The SMILES string of the molecule is Cc1cc(C)cc(OC(C)C(=O)N2CCN(c3ccc(-c4ccco4)nn3)CC2)c1. The molecule has 1 amide bonds. The number of piperazine rings is 1. The van der Waals surface area contributed by atoms with Crippen LogP contribution in [0.25, 0.3) is 11.5 Å². The highest BCUT2D eigenvalue weighted by molar-refractivity contribution is 5.81. The van der Waals surface area contributed by atoms with E-state index in [9.17, 15) is 4.79 Å². The number of ether oxygens (including phenoxy) is 1. The lowest BCUT2D eigenvalue weighted by Gasteiger charge is -2.36. The molecule has 1 aromatic carbocycles. The molecule has 3 aromatic rings. The summed E-state index contributed by atoms with van der Waals surface area (Å²) in [6, 6.07) is 13.5. The van der Waals surface area contributed by atoms with E-state index < -0.39 is 6.10 Å². The molecule has 7 nitrogen and oxygen atoms in total. The van der Waals surface area contributed by atoms with Crippen molar-refractivity contribution in [3.8, 4) is 17.2 Å². The average Bonchev–Trinajstić information content (AvgIpc) is 3.28. The van der Waals surface area contributed by atoms with E-state index in [1.807, 2.05) is 62.1 Å². The molecule has 0 spiro atoms. The third-order valence-corrected chi connectivity index (χ3v) is 5.20. The Hall–Kier alpha value is -3.35. The summed E-state index contributed by atoms with van der Waals surface area (Å²) in [4.78, 5) is 16.8. The first-order valence-corrected chi connectivity index (χ1v) is 10.2. The summed E-state index contributed by atoms with van der Waals surface area (Å²) in [6.07, 6.45) is 1.09. The first kappa shape index (κ1) is 19.9. The molecule has 0 radical (unpaired) electrons. The lowest BCUT2D eigenvalue weighted by atomic mass is 10.1. The van der Waals surface area contributed by atoms with Crippen molar-refractivity contribution in [3.63, 3.8) is 0 Å². The fourth-order valence-electron chi connectivity index (χ4n) is 3.72. The van der Waals surface area contributed by atoms with Gasteiger partial charge in [-0.1, -0.05) is 6.07 Å². The molecule has 1 unspecified atom stereocenters. The standard InChI is InChI=1S/C23H26N4O3/c1-16-13-17(2)15-19(14-16)30-18(3)23(28)27-10-8-26(9-11-27)22-7-6-20(24-25-22)21-5-4-12-29-21/h4-7,12-15,18H,8-11H2,1-3H3. The molecule has 0 aliphatic carbocycles. The van der Waals surface area contributed by atoms with Crippen LogP contribution in [0, 0.1) is 13.8 Å². The van der Waals surface area contributed by atoms with Crippen molar-refractivity contribution in [2.45, 2.75) is 26.9 Å². The molecule has 0 bridgehead atoms. The minimum atomic E-state index is -0.523. The summed E-state index contributed by atoms with van der Waals surface area (Å²) in [6.45, 7) is 8.52. The predicted octanol–water partition coefficient (Wildman–Crippen LogP) is 3.47. The van der Waals surface area contributed by atoms with Crippen molar-refractivity contribution >= 4 is 11.7 Å². The Morgan fingerprint density at radius 3 is 2.37 bits per heavy atom. The monoisotopic (exact) mass is 406 g/mol. The predicted molar refractivity (Wildman–Crippen MR) is 115 cm³/mol. The Labute approximate surface area is 176 Å². The highest BCUT2D eigenvalue weighted by atomic mass is 16.5. The van der Waals surface area contributed by atoms with Gasteiger partial charge < -0.3 is 19.0 Å². The molecular weight excluding hydrogens is 380 g/mol. The van der Waals surface area contributed by atoms with Crippen molar-refractivity contribution in [3.05, 3.63) is 59.9 Å².